The molecule has 1 aromatic heterocycles. The molecule has 0 saturated heterocycles. The predicted molar refractivity (Wildman–Crippen MR) is 70.4 cm³/mol. The van der Waals surface area contributed by atoms with Crippen LogP contribution >= 0.6 is 0 Å². The molecule has 0 aliphatic carbocycles. The second-order valence-corrected chi connectivity index (χ2v) is 4.49. The summed E-state index contributed by atoms with van der Waals surface area (Å²) in [4.78, 5) is 37.8. The number of anilines is 1. The second-order valence-electron chi connectivity index (χ2n) is 4.49. The number of benzene rings is 1. The minimum absolute atomic E-state index is 0.0606. The highest BCUT2D eigenvalue weighted by Gasteiger charge is 2.35. The van der Waals surface area contributed by atoms with Crippen molar-refractivity contribution >= 4 is 11.8 Å². The van der Waals surface area contributed by atoms with Crippen molar-refractivity contribution in [2.24, 2.45) is 7.05 Å². The molecule has 0 radical (unpaired) electrons. The maximum absolute atomic E-state index is 12.2. The van der Waals surface area contributed by atoms with Crippen LogP contribution < -0.4 is 17.0 Å². The molecule has 1 aromatic carbocycles. The van der Waals surface area contributed by atoms with Crippen LogP contribution in [0.4, 0.5) is 5.82 Å². The second kappa shape index (κ2) is 4.09. The number of rotatable bonds is 1. The number of esters is 1. The van der Waals surface area contributed by atoms with E-state index in [0.29, 0.717) is 11.1 Å². The van der Waals surface area contributed by atoms with Crippen molar-refractivity contribution in [3.8, 4) is 0 Å². The third-order valence-corrected chi connectivity index (χ3v) is 3.32. The van der Waals surface area contributed by atoms with Gasteiger partial charge in [-0.1, -0.05) is 18.2 Å². The van der Waals surface area contributed by atoms with Gasteiger partial charge in [-0.2, -0.15) is 0 Å². The third kappa shape index (κ3) is 1.56. The molecule has 3 rings (SSSR count). The first-order valence-corrected chi connectivity index (χ1v) is 5.89. The molecular weight excluding hydrogens is 262 g/mol. The van der Waals surface area contributed by atoms with E-state index in [1.807, 2.05) is 0 Å². The van der Waals surface area contributed by atoms with Gasteiger partial charge in [0.1, 0.15) is 11.4 Å². The Kier molecular flexibility index (Phi) is 2.50. The topological polar surface area (TPSA) is 107 Å². The van der Waals surface area contributed by atoms with Crippen LogP contribution in [0.25, 0.3) is 0 Å². The molecule has 2 aromatic rings. The quantitative estimate of drug-likeness (QED) is 0.706. The zero-order valence-corrected chi connectivity index (χ0v) is 10.5. The minimum atomic E-state index is -0.894. The lowest BCUT2D eigenvalue weighted by Gasteiger charge is -2.13. The van der Waals surface area contributed by atoms with Gasteiger partial charge in [0.25, 0.3) is 5.56 Å². The number of aromatic amines is 1. The van der Waals surface area contributed by atoms with Crippen molar-refractivity contribution in [2.75, 3.05) is 5.73 Å². The van der Waals surface area contributed by atoms with Gasteiger partial charge in [-0.3, -0.25) is 14.3 Å². The molecular formula is C13H11N3O4. The molecule has 0 saturated carbocycles. The van der Waals surface area contributed by atoms with E-state index in [-0.39, 0.29) is 11.4 Å². The van der Waals surface area contributed by atoms with E-state index in [2.05, 4.69) is 4.98 Å². The van der Waals surface area contributed by atoms with Crippen molar-refractivity contribution in [1.29, 1.82) is 0 Å². The molecule has 2 heterocycles. The number of carbonyl (C=O) groups is 1. The number of nitrogens with one attached hydrogen (secondary N) is 1. The number of cyclic esters (lactones) is 1. The number of hydrogen-bond donors (Lipinski definition) is 2. The maximum atomic E-state index is 12.2. The summed E-state index contributed by atoms with van der Waals surface area (Å²) in [5.41, 5.74) is 5.53. The third-order valence-electron chi connectivity index (χ3n) is 3.32. The molecule has 102 valence electrons. The van der Waals surface area contributed by atoms with E-state index in [1.54, 1.807) is 24.3 Å². The molecule has 0 bridgehead atoms. The number of aromatic nitrogens is 2. The largest absolute Gasteiger partial charge is 0.449 e. The molecule has 0 spiro atoms. The Morgan fingerprint density at radius 3 is 2.70 bits per heavy atom. The van der Waals surface area contributed by atoms with Gasteiger partial charge in [-0.15, -0.1) is 0 Å². The number of carbonyl (C=O) groups excluding carboxylic acids is 1. The van der Waals surface area contributed by atoms with E-state index in [9.17, 15) is 14.4 Å². The Hall–Kier alpha value is -2.83. The fraction of sp³-hybridized carbons (Fsp3) is 0.154. The number of fused-ring (bicyclic) bond motifs is 1. The van der Waals surface area contributed by atoms with Gasteiger partial charge in [0.2, 0.25) is 0 Å². The van der Waals surface area contributed by atoms with Crippen LogP contribution in [0.15, 0.2) is 33.9 Å². The molecule has 0 amide bonds. The average Bonchev–Trinajstić information content (AvgIpc) is 2.75. The van der Waals surface area contributed by atoms with E-state index in [4.69, 9.17) is 10.5 Å². The molecule has 0 fully saturated rings. The van der Waals surface area contributed by atoms with E-state index < -0.39 is 23.3 Å². The number of H-pyrrole nitrogens is 1. The van der Waals surface area contributed by atoms with Gasteiger partial charge >= 0.3 is 11.7 Å². The summed E-state index contributed by atoms with van der Waals surface area (Å²) >= 11 is 0. The summed E-state index contributed by atoms with van der Waals surface area (Å²) in [6, 6.07) is 6.75. The highest BCUT2D eigenvalue weighted by Crippen LogP contribution is 2.35. The monoisotopic (exact) mass is 273 g/mol. The fourth-order valence-electron chi connectivity index (χ4n) is 2.27. The van der Waals surface area contributed by atoms with Gasteiger partial charge in [0.15, 0.2) is 6.10 Å². The van der Waals surface area contributed by atoms with Crippen molar-refractivity contribution in [3.05, 3.63) is 61.8 Å². The minimum Gasteiger partial charge on any atom is -0.449 e. The molecule has 3 N–H and O–H groups in total. The van der Waals surface area contributed by atoms with Crippen molar-refractivity contribution < 1.29 is 9.53 Å². The predicted octanol–water partition coefficient (Wildman–Crippen LogP) is -0.0844. The van der Waals surface area contributed by atoms with Crippen molar-refractivity contribution in [3.63, 3.8) is 0 Å². The normalized spacial score (nSPS) is 16.9. The van der Waals surface area contributed by atoms with Crippen molar-refractivity contribution in [1.82, 2.24) is 9.55 Å². The van der Waals surface area contributed by atoms with Crippen LogP contribution in [0.3, 0.4) is 0 Å². The summed E-state index contributed by atoms with van der Waals surface area (Å²) in [6.07, 6.45) is -0.894. The van der Waals surface area contributed by atoms with Gasteiger partial charge in [-0.05, 0) is 6.07 Å². The summed E-state index contributed by atoms with van der Waals surface area (Å²) in [5, 5.41) is 0. The molecule has 0 unspecified atom stereocenters. The molecule has 1 aliphatic rings. The van der Waals surface area contributed by atoms with Crippen LogP contribution in [-0.2, 0) is 11.8 Å². The van der Waals surface area contributed by atoms with Gasteiger partial charge in [0, 0.05) is 12.6 Å². The Morgan fingerprint density at radius 2 is 1.95 bits per heavy atom. The first kappa shape index (κ1) is 12.2. The molecule has 7 heteroatoms. The molecule has 20 heavy (non-hydrogen) atoms. The van der Waals surface area contributed by atoms with E-state index in [1.165, 1.54) is 7.05 Å². The van der Waals surface area contributed by atoms with Crippen LogP contribution in [-0.4, -0.2) is 15.5 Å². The standard InChI is InChI=1S/C13H11N3O4/c1-16-11(17)8(10(14)15-13(16)19)9-6-4-2-3-5-7(6)12(18)20-9/h2-5,9H,14H2,1H3,(H,15,19)/t9-/m1/s1. The van der Waals surface area contributed by atoms with Crippen molar-refractivity contribution in [2.45, 2.75) is 6.10 Å². The lowest BCUT2D eigenvalue weighted by Crippen LogP contribution is -2.37. The zero-order chi connectivity index (χ0) is 14.4. The van der Waals surface area contributed by atoms with Crippen LogP contribution in [0, 0.1) is 0 Å². The van der Waals surface area contributed by atoms with Crippen LogP contribution in [0.1, 0.15) is 27.6 Å². The lowest BCUT2D eigenvalue weighted by molar-refractivity contribution is 0.0454. The smallest absolute Gasteiger partial charge is 0.339 e. The number of nitrogens with two attached hydrogens (primary N) is 1. The van der Waals surface area contributed by atoms with Gasteiger partial charge < -0.3 is 10.5 Å². The number of nitrogen functional groups attached to an aromatic ring is 1. The van der Waals surface area contributed by atoms with E-state index in [0.717, 1.165) is 4.57 Å². The first-order valence-electron chi connectivity index (χ1n) is 5.89. The number of nitrogens with zero attached hydrogens (tertiary/aromatic N) is 1. The fourth-order valence-corrected chi connectivity index (χ4v) is 2.27. The Bertz CT molecular complexity index is 834. The molecule has 7 nitrogen and oxygen atoms in total. The first-order chi connectivity index (χ1) is 9.50. The Balaban J connectivity index is 2.27. The Labute approximate surface area is 112 Å². The number of hydrogen-bond acceptors (Lipinski definition) is 5. The average molecular weight is 273 g/mol. The number of ether oxygens (including phenoxy) is 1. The lowest BCUT2D eigenvalue weighted by atomic mass is 10.0. The maximum Gasteiger partial charge on any atom is 0.339 e. The Morgan fingerprint density at radius 1 is 1.25 bits per heavy atom. The molecule has 1 atom stereocenters. The van der Waals surface area contributed by atoms with E-state index >= 15 is 0 Å². The summed E-state index contributed by atoms with van der Waals surface area (Å²) in [5.74, 6) is -0.606. The van der Waals surface area contributed by atoms with Crippen LogP contribution in [0.2, 0.25) is 0 Å². The summed E-state index contributed by atoms with van der Waals surface area (Å²) in [6.45, 7) is 0. The van der Waals surface area contributed by atoms with Gasteiger partial charge in [-0.25, -0.2) is 9.59 Å². The summed E-state index contributed by atoms with van der Waals surface area (Å²) in [7, 11) is 1.33. The van der Waals surface area contributed by atoms with Gasteiger partial charge in [0.05, 0.1) is 5.56 Å². The highest BCUT2D eigenvalue weighted by atomic mass is 16.5. The summed E-state index contributed by atoms with van der Waals surface area (Å²) < 4.78 is 6.11. The molecule has 1 aliphatic heterocycles. The van der Waals surface area contributed by atoms with Crippen LogP contribution in [0.5, 0.6) is 0 Å². The highest BCUT2D eigenvalue weighted by molar-refractivity contribution is 5.94. The SMILES string of the molecule is Cn1c(=O)[nH]c(N)c([C@@H]2OC(=O)c3ccccc32)c1=O. The zero-order valence-electron chi connectivity index (χ0n) is 10.5.